The van der Waals surface area contributed by atoms with Gasteiger partial charge in [0.1, 0.15) is 12.4 Å². The molecular formula is C23H27N3O2. The molecule has 2 N–H and O–H groups in total. The third-order valence-electron chi connectivity index (χ3n) is 5.35. The van der Waals surface area contributed by atoms with Crippen LogP contribution in [0, 0.1) is 5.92 Å². The highest BCUT2D eigenvalue weighted by Gasteiger charge is 2.24. The van der Waals surface area contributed by atoms with Gasteiger partial charge in [0.2, 0.25) is 0 Å². The average molecular weight is 377 g/mol. The van der Waals surface area contributed by atoms with E-state index in [1.807, 2.05) is 25.2 Å². The number of hydrogen-bond acceptors (Lipinski definition) is 5. The van der Waals surface area contributed by atoms with E-state index in [0.29, 0.717) is 12.5 Å². The van der Waals surface area contributed by atoms with E-state index < -0.39 is 0 Å². The van der Waals surface area contributed by atoms with Crippen molar-refractivity contribution in [3.8, 4) is 17.0 Å². The molecular weight excluding hydrogens is 350 g/mol. The summed E-state index contributed by atoms with van der Waals surface area (Å²) in [6.07, 6.45) is 1.03. The Balaban J connectivity index is 1.66. The number of nitrogens with zero attached hydrogens (tertiary/aromatic N) is 2. The molecule has 2 heterocycles. The van der Waals surface area contributed by atoms with Gasteiger partial charge in [0.05, 0.1) is 11.2 Å². The van der Waals surface area contributed by atoms with Crippen LogP contribution in [0.1, 0.15) is 6.42 Å². The first-order valence-corrected chi connectivity index (χ1v) is 9.92. The lowest BCUT2D eigenvalue weighted by atomic mass is 10.1. The number of nitrogens with one attached hydrogen (secondary N) is 1. The van der Waals surface area contributed by atoms with Gasteiger partial charge in [-0.15, -0.1) is 0 Å². The molecule has 1 saturated heterocycles. The molecule has 0 amide bonds. The van der Waals surface area contributed by atoms with E-state index in [-0.39, 0.29) is 6.61 Å². The highest BCUT2D eigenvalue weighted by molar-refractivity contribution is 5.94. The number of para-hydroxylation sites is 1. The molecule has 1 aromatic heterocycles. The van der Waals surface area contributed by atoms with E-state index in [2.05, 4.69) is 46.6 Å². The summed E-state index contributed by atoms with van der Waals surface area (Å²) in [5.74, 6) is 1.22. The van der Waals surface area contributed by atoms with Crippen molar-refractivity contribution >= 4 is 16.6 Å². The highest BCUT2D eigenvalue weighted by atomic mass is 16.5. The molecule has 0 saturated carbocycles. The number of hydrogen-bond donors (Lipinski definition) is 2. The first-order valence-electron chi connectivity index (χ1n) is 9.92. The quantitative estimate of drug-likeness (QED) is 0.619. The molecule has 5 heteroatoms. The van der Waals surface area contributed by atoms with Crippen LogP contribution in [0.25, 0.3) is 22.2 Å². The minimum Gasteiger partial charge on any atom is -0.492 e. The number of aliphatic hydroxyl groups excluding tert-OH is 1. The van der Waals surface area contributed by atoms with Gasteiger partial charge in [0.25, 0.3) is 0 Å². The minimum absolute atomic E-state index is 0.251. The van der Waals surface area contributed by atoms with Crippen LogP contribution in [-0.4, -0.2) is 50.0 Å². The smallest absolute Gasteiger partial charge is 0.119 e. The highest BCUT2D eigenvalue weighted by Crippen LogP contribution is 2.34. The lowest BCUT2D eigenvalue weighted by molar-refractivity contribution is 0.238. The number of aliphatic hydroxyl groups is 1. The molecule has 3 aromatic rings. The fourth-order valence-corrected chi connectivity index (χ4v) is 3.76. The standard InChI is InChI=1S/C23H27N3O2/c1-24-11-13-28-19-8-6-18(7-9-19)22-14-23(26-12-10-17(15-26)16-27)20-4-2-3-5-21(20)25-22/h2-9,14,17,24,27H,10-13,15-16H2,1H3. The maximum atomic E-state index is 9.53. The van der Waals surface area contributed by atoms with Gasteiger partial charge >= 0.3 is 0 Å². The van der Waals surface area contributed by atoms with E-state index in [0.717, 1.165) is 54.0 Å². The summed E-state index contributed by atoms with van der Waals surface area (Å²) in [7, 11) is 1.92. The summed E-state index contributed by atoms with van der Waals surface area (Å²) in [5, 5.41) is 13.8. The summed E-state index contributed by atoms with van der Waals surface area (Å²) >= 11 is 0. The van der Waals surface area contributed by atoms with Gasteiger partial charge < -0.3 is 20.1 Å². The third-order valence-corrected chi connectivity index (χ3v) is 5.35. The van der Waals surface area contributed by atoms with Crippen LogP contribution in [-0.2, 0) is 0 Å². The molecule has 1 aliphatic heterocycles. The summed E-state index contributed by atoms with van der Waals surface area (Å²) < 4.78 is 5.72. The monoisotopic (exact) mass is 377 g/mol. The average Bonchev–Trinajstić information content (AvgIpc) is 3.23. The lowest BCUT2D eigenvalue weighted by Gasteiger charge is -2.21. The lowest BCUT2D eigenvalue weighted by Crippen LogP contribution is -2.21. The van der Waals surface area contributed by atoms with Gasteiger partial charge in [0, 0.05) is 48.8 Å². The molecule has 28 heavy (non-hydrogen) atoms. The Hall–Kier alpha value is -2.63. The van der Waals surface area contributed by atoms with Crippen LogP contribution in [0.2, 0.25) is 0 Å². The normalized spacial score (nSPS) is 16.6. The first kappa shape index (κ1) is 18.7. The van der Waals surface area contributed by atoms with E-state index in [1.54, 1.807) is 0 Å². The molecule has 1 aliphatic rings. The zero-order valence-electron chi connectivity index (χ0n) is 16.3. The Morgan fingerprint density at radius 1 is 1.18 bits per heavy atom. The van der Waals surface area contributed by atoms with Gasteiger partial charge in [-0.05, 0) is 49.9 Å². The second kappa shape index (κ2) is 8.59. The molecule has 146 valence electrons. The number of ether oxygens (including phenoxy) is 1. The second-order valence-corrected chi connectivity index (χ2v) is 7.30. The van der Waals surface area contributed by atoms with Crippen molar-refractivity contribution in [2.24, 2.45) is 5.92 Å². The van der Waals surface area contributed by atoms with Crippen molar-refractivity contribution in [3.63, 3.8) is 0 Å². The Labute approximate surface area is 166 Å². The number of pyridine rings is 1. The molecule has 2 aromatic carbocycles. The third kappa shape index (κ3) is 3.96. The molecule has 5 nitrogen and oxygen atoms in total. The number of aromatic nitrogens is 1. The van der Waals surface area contributed by atoms with Crippen LogP contribution in [0.15, 0.2) is 54.6 Å². The molecule has 0 spiro atoms. The predicted molar refractivity (Wildman–Crippen MR) is 114 cm³/mol. The zero-order chi connectivity index (χ0) is 19.3. The number of rotatable bonds is 7. The zero-order valence-corrected chi connectivity index (χ0v) is 16.3. The Morgan fingerprint density at radius 3 is 2.75 bits per heavy atom. The van der Waals surface area contributed by atoms with Gasteiger partial charge in [-0.3, -0.25) is 0 Å². The SMILES string of the molecule is CNCCOc1ccc(-c2cc(N3CCC(CO)C3)c3ccccc3n2)cc1. The fourth-order valence-electron chi connectivity index (χ4n) is 3.76. The van der Waals surface area contributed by atoms with Crippen molar-refractivity contribution in [1.29, 1.82) is 0 Å². The van der Waals surface area contributed by atoms with Crippen LogP contribution in [0.3, 0.4) is 0 Å². The van der Waals surface area contributed by atoms with Crippen molar-refractivity contribution < 1.29 is 9.84 Å². The fraction of sp³-hybridized carbons (Fsp3) is 0.348. The van der Waals surface area contributed by atoms with E-state index >= 15 is 0 Å². The molecule has 1 unspecified atom stereocenters. The molecule has 0 bridgehead atoms. The number of anilines is 1. The summed E-state index contributed by atoms with van der Waals surface area (Å²) in [6, 6.07) is 18.6. The van der Waals surface area contributed by atoms with Crippen LogP contribution >= 0.6 is 0 Å². The van der Waals surface area contributed by atoms with Gasteiger partial charge in [-0.2, -0.15) is 0 Å². The Bertz CT molecular complexity index is 927. The number of likely N-dealkylation sites (N-methyl/N-ethyl adjacent to an activating group) is 1. The summed E-state index contributed by atoms with van der Waals surface area (Å²) in [4.78, 5) is 7.27. The number of fused-ring (bicyclic) bond motifs is 1. The van der Waals surface area contributed by atoms with E-state index in [9.17, 15) is 5.11 Å². The minimum atomic E-state index is 0.251. The van der Waals surface area contributed by atoms with Crippen LogP contribution < -0.4 is 15.0 Å². The molecule has 1 atom stereocenters. The Morgan fingerprint density at radius 2 is 2.00 bits per heavy atom. The molecule has 0 radical (unpaired) electrons. The maximum Gasteiger partial charge on any atom is 0.119 e. The largest absolute Gasteiger partial charge is 0.492 e. The molecule has 4 rings (SSSR count). The van der Waals surface area contributed by atoms with E-state index in [4.69, 9.17) is 9.72 Å². The van der Waals surface area contributed by atoms with Gasteiger partial charge in [0.15, 0.2) is 0 Å². The first-order chi connectivity index (χ1) is 13.8. The van der Waals surface area contributed by atoms with Gasteiger partial charge in [-0.25, -0.2) is 4.98 Å². The van der Waals surface area contributed by atoms with Crippen molar-refractivity contribution in [1.82, 2.24) is 10.3 Å². The topological polar surface area (TPSA) is 57.6 Å². The summed E-state index contributed by atoms with van der Waals surface area (Å²) in [6.45, 7) is 3.58. The number of benzene rings is 2. The Kier molecular flexibility index (Phi) is 5.74. The predicted octanol–water partition coefficient (Wildman–Crippen LogP) is 3.32. The molecule has 1 fully saturated rings. The van der Waals surface area contributed by atoms with Crippen LogP contribution in [0.4, 0.5) is 5.69 Å². The van der Waals surface area contributed by atoms with Crippen molar-refractivity contribution in [2.75, 3.05) is 44.8 Å². The van der Waals surface area contributed by atoms with E-state index in [1.165, 1.54) is 5.69 Å². The van der Waals surface area contributed by atoms with Crippen molar-refractivity contribution in [3.05, 3.63) is 54.6 Å². The maximum absolute atomic E-state index is 9.53. The summed E-state index contributed by atoms with van der Waals surface area (Å²) in [5.41, 5.74) is 4.23. The van der Waals surface area contributed by atoms with Crippen molar-refractivity contribution in [2.45, 2.75) is 6.42 Å². The second-order valence-electron chi connectivity index (χ2n) is 7.30. The van der Waals surface area contributed by atoms with Crippen LogP contribution in [0.5, 0.6) is 5.75 Å². The van der Waals surface area contributed by atoms with Gasteiger partial charge in [-0.1, -0.05) is 18.2 Å². The molecule has 0 aliphatic carbocycles.